The molecule has 1 N–H and O–H groups in total. The van der Waals surface area contributed by atoms with Crippen LogP contribution in [0, 0.1) is 20.8 Å². The molecule has 5 rings (SSSR count). The predicted octanol–water partition coefficient (Wildman–Crippen LogP) is 7.43. The smallest absolute Gasteiger partial charge is 0.301 e. The van der Waals surface area contributed by atoms with Crippen LogP contribution in [0.15, 0.2) is 60.2 Å². The fraction of sp³-hybridized carbons (Fsp3) is 0.303. The largest absolute Gasteiger partial charge is 0.507 e. The van der Waals surface area contributed by atoms with Crippen LogP contribution >= 0.6 is 11.3 Å². The predicted molar refractivity (Wildman–Crippen MR) is 163 cm³/mol. The second-order valence-electron chi connectivity index (χ2n) is 10.4. The Balaban J connectivity index is 1.68. The lowest BCUT2D eigenvalue weighted by molar-refractivity contribution is -0.132. The number of hydrogen-bond donors (Lipinski definition) is 1. The average molecular weight is 571 g/mol. The quantitative estimate of drug-likeness (QED) is 0.0975. The number of nitrogens with zero attached hydrogens (tertiary/aromatic N) is 2. The van der Waals surface area contributed by atoms with Crippen molar-refractivity contribution in [2.24, 2.45) is 0 Å². The monoisotopic (exact) mass is 570 g/mol. The van der Waals surface area contributed by atoms with Crippen LogP contribution in [0.1, 0.15) is 60.0 Å². The molecule has 1 unspecified atom stereocenters. The number of carbonyl (C=O) groups is 2. The van der Waals surface area contributed by atoms with Crippen LogP contribution in [0.3, 0.4) is 0 Å². The first kappa shape index (κ1) is 28.4. The maximum atomic E-state index is 13.7. The van der Waals surface area contributed by atoms with Crippen molar-refractivity contribution in [3.63, 3.8) is 0 Å². The fourth-order valence-corrected chi connectivity index (χ4v) is 6.20. The van der Waals surface area contributed by atoms with Gasteiger partial charge in [0.1, 0.15) is 5.76 Å². The molecule has 1 fully saturated rings. The van der Waals surface area contributed by atoms with Crippen LogP contribution in [-0.4, -0.2) is 35.5 Å². The van der Waals surface area contributed by atoms with E-state index in [1.54, 1.807) is 19.2 Å². The molecule has 41 heavy (non-hydrogen) atoms. The third kappa shape index (κ3) is 5.44. The minimum Gasteiger partial charge on any atom is -0.507 e. The maximum absolute atomic E-state index is 13.7. The molecule has 0 bridgehead atoms. The molecule has 0 aliphatic carbocycles. The third-order valence-electron chi connectivity index (χ3n) is 7.34. The summed E-state index contributed by atoms with van der Waals surface area (Å²) in [5.74, 6) is -0.655. The summed E-state index contributed by atoms with van der Waals surface area (Å²) in [6.45, 7) is 8.46. The highest BCUT2D eigenvalue weighted by atomic mass is 32.1. The zero-order chi connectivity index (χ0) is 29.3. The molecule has 4 aromatic rings. The molecule has 8 heteroatoms. The summed E-state index contributed by atoms with van der Waals surface area (Å²) in [5, 5.41) is 12.0. The zero-order valence-corrected chi connectivity index (χ0v) is 24.8. The zero-order valence-electron chi connectivity index (χ0n) is 24.0. The molecule has 7 nitrogen and oxygen atoms in total. The molecule has 1 aliphatic rings. The van der Waals surface area contributed by atoms with Crippen molar-refractivity contribution >= 4 is 44.1 Å². The first-order valence-corrected chi connectivity index (χ1v) is 14.6. The number of methoxy groups -OCH3 is 1. The fourth-order valence-electron chi connectivity index (χ4n) is 5.11. The lowest BCUT2D eigenvalue weighted by Gasteiger charge is -2.24. The van der Waals surface area contributed by atoms with E-state index in [0.717, 1.165) is 46.2 Å². The molecule has 1 aromatic heterocycles. The number of benzene rings is 3. The number of Topliss-reactive ketones (excluding diaryl/α,β-unsaturated/α-hetero) is 1. The van der Waals surface area contributed by atoms with Gasteiger partial charge in [-0.15, -0.1) is 0 Å². The van der Waals surface area contributed by atoms with Gasteiger partial charge < -0.3 is 14.6 Å². The van der Waals surface area contributed by atoms with E-state index in [1.165, 1.54) is 16.2 Å². The van der Waals surface area contributed by atoms with Crippen LogP contribution in [0.25, 0.3) is 16.0 Å². The first-order valence-electron chi connectivity index (χ1n) is 13.8. The average Bonchev–Trinajstić information content (AvgIpc) is 3.49. The van der Waals surface area contributed by atoms with E-state index >= 15 is 0 Å². The number of ketones is 1. The maximum Gasteiger partial charge on any atom is 0.301 e. The molecule has 212 valence electrons. The number of thiazole rings is 1. The third-order valence-corrected chi connectivity index (χ3v) is 8.36. The normalized spacial score (nSPS) is 16.5. The summed E-state index contributed by atoms with van der Waals surface area (Å²) in [6.07, 6.45) is 3.08. The van der Waals surface area contributed by atoms with E-state index in [9.17, 15) is 14.7 Å². The Bertz CT molecular complexity index is 1670. The highest BCUT2D eigenvalue weighted by Crippen LogP contribution is 2.46. The van der Waals surface area contributed by atoms with Crippen molar-refractivity contribution in [1.82, 2.24) is 4.98 Å². The van der Waals surface area contributed by atoms with Gasteiger partial charge in [0.2, 0.25) is 0 Å². The Morgan fingerprint density at radius 3 is 2.49 bits per heavy atom. The molecule has 0 saturated carbocycles. The Labute approximate surface area is 244 Å². The molecule has 1 aliphatic heterocycles. The lowest BCUT2D eigenvalue weighted by atomic mass is 9.93. The van der Waals surface area contributed by atoms with Crippen molar-refractivity contribution in [1.29, 1.82) is 0 Å². The lowest BCUT2D eigenvalue weighted by Crippen LogP contribution is -2.29. The molecule has 1 atom stereocenters. The van der Waals surface area contributed by atoms with Gasteiger partial charge in [-0.25, -0.2) is 4.98 Å². The van der Waals surface area contributed by atoms with E-state index < -0.39 is 17.7 Å². The number of aromatic nitrogens is 1. The second-order valence-corrected chi connectivity index (χ2v) is 11.4. The molecule has 1 amide bonds. The highest BCUT2D eigenvalue weighted by molar-refractivity contribution is 7.22. The van der Waals surface area contributed by atoms with Gasteiger partial charge in [-0.3, -0.25) is 14.5 Å². The number of unbranched alkanes of at least 4 members (excludes halogenated alkanes) is 2. The van der Waals surface area contributed by atoms with Crippen LogP contribution in [0.4, 0.5) is 5.13 Å². The van der Waals surface area contributed by atoms with Gasteiger partial charge in [-0.1, -0.05) is 60.9 Å². The van der Waals surface area contributed by atoms with Gasteiger partial charge in [0.25, 0.3) is 5.78 Å². The number of aryl methyl sites for hydroxylation is 3. The van der Waals surface area contributed by atoms with Crippen LogP contribution < -0.4 is 14.4 Å². The summed E-state index contributed by atoms with van der Waals surface area (Å²) in [5.41, 5.74) is 4.65. The molecule has 0 spiro atoms. The summed E-state index contributed by atoms with van der Waals surface area (Å²) >= 11 is 1.34. The summed E-state index contributed by atoms with van der Waals surface area (Å²) in [6, 6.07) is 16.0. The molecule has 2 heterocycles. The van der Waals surface area contributed by atoms with Crippen molar-refractivity contribution in [2.75, 3.05) is 18.6 Å². The Hall–Kier alpha value is -4.17. The second kappa shape index (κ2) is 11.7. The number of fused-ring (bicyclic) bond motifs is 1. The van der Waals surface area contributed by atoms with Crippen molar-refractivity contribution in [3.05, 3.63) is 88.0 Å². The highest BCUT2D eigenvalue weighted by Gasteiger charge is 2.48. The molecule has 0 radical (unpaired) electrons. The van der Waals surface area contributed by atoms with Crippen LogP contribution in [0.2, 0.25) is 0 Å². The van der Waals surface area contributed by atoms with Gasteiger partial charge in [0.15, 0.2) is 16.6 Å². The van der Waals surface area contributed by atoms with Crippen LogP contribution in [-0.2, 0) is 9.59 Å². The van der Waals surface area contributed by atoms with Crippen molar-refractivity contribution in [2.45, 2.75) is 53.0 Å². The van der Waals surface area contributed by atoms with E-state index in [0.29, 0.717) is 34.4 Å². The topological polar surface area (TPSA) is 89.0 Å². The summed E-state index contributed by atoms with van der Waals surface area (Å²) in [4.78, 5) is 33.5. The van der Waals surface area contributed by atoms with Gasteiger partial charge in [-0.2, -0.15) is 0 Å². The molecular formula is C33H34N2O5S. The number of ether oxygens (including phenoxy) is 2. The summed E-state index contributed by atoms with van der Waals surface area (Å²) in [7, 11) is 1.56. The Morgan fingerprint density at radius 1 is 0.976 bits per heavy atom. The Morgan fingerprint density at radius 2 is 1.73 bits per heavy atom. The van der Waals surface area contributed by atoms with Crippen molar-refractivity contribution < 1.29 is 24.2 Å². The minimum absolute atomic E-state index is 0.0119. The number of amides is 1. The van der Waals surface area contributed by atoms with Gasteiger partial charge in [-0.05, 0) is 74.2 Å². The van der Waals surface area contributed by atoms with Gasteiger partial charge >= 0.3 is 5.91 Å². The van der Waals surface area contributed by atoms with E-state index in [-0.39, 0.29) is 11.3 Å². The number of rotatable bonds is 9. The first-order chi connectivity index (χ1) is 19.7. The molecule has 1 saturated heterocycles. The van der Waals surface area contributed by atoms with E-state index in [2.05, 4.69) is 6.92 Å². The number of aliphatic hydroxyl groups excluding tert-OH is 1. The minimum atomic E-state index is -0.917. The summed E-state index contributed by atoms with van der Waals surface area (Å²) < 4.78 is 12.6. The van der Waals surface area contributed by atoms with E-state index in [1.807, 2.05) is 63.2 Å². The SMILES string of the molecule is CCCCCOc1ccc(C2C(=C(O)c3cc(C)ccc3C)C(=O)C(=O)N2c2nc3ccc(C)cc3s2)cc1OC. The van der Waals surface area contributed by atoms with E-state index in [4.69, 9.17) is 14.5 Å². The molecular weight excluding hydrogens is 536 g/mol. The van der Waals surface area contributed by atoms with Gasteiger partial charge in [0.05, 0.1) is 35.5 Å². The number of aliphatic hydroxyl groups is 1. The van der Waals surface area contributed by atoms with Crippen LogP contribution in [0.5, 0.6) is 11.5 Å². The number of hydrogen-bond acceptors (Lipinski definition) is 7. The Kier molecular flexibility index (Phi) is 8.13. The number of anilines is 1. The standard InChI is InChI=1S/C33H34N2O5S/c1-6-7-8-15-40-25-14-12-22(18-26(25)39-5)29-28(30(36)23-16-19(2)9-11-21(23)4)31(37)32(38)35(29)33-34-24-13-10-20(3)17-27(24)41-33/h9-14,16-18,29,36H,6-8,15H2,1-5H3. The molecule has 3 aromatic carbocycles. The number of carbonyl (C=O) groups excluding carboxylic acids is 2. The van der Waals surface area contributed by atoms with Gasteiger partial charge in [0, 0.05) is 5.56 Å². The van der Waals surface area contributed by atoms with Crippen molar-refractivity contribution in [3.8, 4) is 11.5 Å².